The summed E-state index contributed by atoms with van der Waals surface area (Å²) in [7, 11) is 0. The van der Waals surface area contributed by atoms with Crippen LogP contribution < -0.4 is 0 Å². The Balaban J connectivity index is 2.72. The largest absolute Gasteiger partial charge is 0.478 e. The Morgan fingerprint density at radius 2 is 2.16 bits per heavy atom. The third-order valence-electron chi connectivity index (χ3n) is 2.63. The molecule has 0 aromatic rings. The van der Waals surface area contributed by atoms with Gasteiger partial charge in [-0.15, -0.1) is 0 Å². The quantitative estimate of drug-likeness (QED) is 0.754. The van der Waals surface area contributed by atoms with E-state index in [1.165, 1.54) is 36.5 Å². The molecular weight excluding hydrogens is 248 g/mol. The summed E-state index contributed by atoms with van der Waals surface area (Å²) in [6.07, 6.45) is 6.29. The second-order valence-electron chi connectivity index (χ2n) is 4.05. The maximum absolute atomic E-state index is 11.8. The lowest BCUT2D eigenvalue weighted by Crippen LogP contribution is -2.22. The molecule has 0 unspecified atom stereocenters. The van der Waals surface area contributed by atoms with Crippen LogP contribution in [0.4, 0.5) is 0 Å². The zero-order valence-electron chi connectivity index (χ0n) is 10.7. The Kier molecular flexibility index (Phi) is 5.05. The van der Waals surface area contributed by atoms with Crippen LogP contribution in [0.2, 0.25) is 0 Å². The summed E-state index contributed by atoms with van der Waals surface area (Å²) in [5.41, 5.74) is 0.0129. The Labute approximate surface area is 111 Å². The van der Waals surface area contributed by atoms with Crippen molar-refractivity contribution in [2.24, 2.45) is 0 Å². The third kappa shape index (κ3) is 4.09. The Morgan fingerprint density at radius 3 is 2.63 bits per heavy atom. The van der Waals surface area contributed by atoms with Crippen LogP contribution in [0, 0.1) is 0 Å². The number of hydrogen-bond acceptors (Lipinski definition) is 3. The predicted octanol–water partition coefficient (Wildman–Crippen LogP) is 1.08. The molecule has 0 spiro atoms. The SMILES string of the molecule is C=CN(C=C(C)C(=O)O)C(=O)C=CN1CCCC1=O. The molecule has 102 valence electrons. The first-order chi connectivity index (χ1) is 8.95. The van der Waals surface area contributed by atoms with E-state index in [1.807, 2.05) is 0 Å². The number of likely N-dealkylation sites (tertiary alicyclic amines) is 1. The number of nitrogens with zero attached hydrogens (tertiary/aromatic N) is 2. The fourth-order valence-corrected chi connectivity index (χ4v) is 1.54. The van der Waals surface area contributed by atoms with Gasteiger partial charge in [-0.2, -0.15) is 0 Å². The lowest BCUT2D eigenvalue weighted by Gasteiger charge is -2.12. The Hall–Kier alpha value is -2.37. The van der Waals surface area contributed by atoms with Crippen LogP contribution in [0.1, 0.15) is 19.8 Å². The van der Waals surface area contributed by atoms with Gasteiger partial charge in [-0.25, -0.2) is 4.79 Å². The van der Waals surface area contributed by atoms with Crippen molar-refractivity contribution in [3.63, 3.8) is 0 Å². The maximum Gasteiger partial charge on any atom is 0.332 e. The normalized spacial score (nSPS) is 15.9. The highest BCUT2D eigenvalue weighted by Crippen LogP contribution is 2.10. The van der Waals surface area contributed by atoms with E-state index >= 15 is 0 Å². The van der Waals surface area contributed by atoms with Crippen molar-refractivity contribution in [1.29, 1.82) is 0 Å². The van der Waals surface area contributed by atoms with Crippen LogP contribution in [-0.4, -0.2) is 39.2 Å². The minimum Gasteiger partial charge on any atom is -0.478 e. The maximum atomic E-state index is 11.8. The molecule has 1 aliphatic heterocycles. The summed E-state index contributed by atoms with van der Waals surface area (Å²) in [5, 5.41) is 8.73. The van der Waals surface area contributed by atoms with Crippen molar-refractivity contribution in [3.05, 3.63) is 36.8 Å². The van der Waals surface area contributed by atoms with E-state index in [1.54, 1.807) is 0 Å². The van der Waals surface area contributed by atoms with Crippen molar-refractivity contribution >= 4 is 17.8 Å². The predicted molar refractivity (Wildman–Crippen MR) is 68.5 cm³/mol. The van der Waals surface area contributed by atoms with Gasteiger partial charge in [0.15, 0.2) is 0 Å². The Morgan fingerprint density at radius 1 is 1.47 bits per heavy atom. The molecule has 1 heterocycles. The van der Waals surface area contributed by atoms with E-state index in [9.17, 15) is 14.4 Å². The second-order valence-corrected chi connectivity index (χ2v) is 4.05. The molecule has 1 rings (SSSR count). The van der Waals surface area contributed by atoms with Gasteiger partial charge in [-0.05, 0) is 13.3 Å². The summed E-state index contributed by atoms with van der Waals surface area (Å²) in [5.74, 6) is -1.60. The van der Waals surface area contributed by atoms with Gasteiger partial charge in [0.05, 0.1) is 5.57 Å². The standard InChI is InChI=1S/C13H16N2O4/c1-3-14(9-10(2)13(18)19)12(17)6-8-15-7-4-5-11(15)16/h3,6,8-9H,1,4-5,7H2,2H3,(H,18,19). The zero-order chi connectivity index (χ0) is 14.4. The monoisotopic (exact) mass is 264 g/mol. The van der Waals surface area contributed by atoms with Crippen molar-refractivity contribution in [2.75, 3.05) is 6.54 Å². The highest BCUT2D eigenvalue weighted by atomic mass is 16.4. The smallest absolute Gasteiger partial charge is 0.332 e. The average Bonchev–Trinajstić information content (AvgIpc) is 2.78. The number of carboxylic acids is 1. The minimum absolute atomic E-state index is 0.0129. The summed E-state index contributed by atoms with van der Waals surface area (Å²) in [6.45, 7) is 5.42. The molecule has 0 aliphatic carbocycles. The minimum atomic E-state index is -1.11. The van der Waals surface area contributed by atoms with E-state index < -0.39 is 11.9 Å². The summed E-state index contributed by atoms with van der Waals surface area (Å²) in [6, 6.07) is 0. The number of carboxylic acid groups (broad SMARTS) is 1. The van der Waals surface area contributed by atoms with E-state index in [2.05, 4.69) is 6.58 Å². The van der Waals surface area contributed by atoms with Gasteiger partial charge in [-0.3, -0.25) is 14.5 Å². The highest BCUT2D eigenvalue weighted by molar-refractivity contribution is 5.92. The van der Waals surface area contributed by atoms with Gasteiger partial charge in [0.2, 0.25) is 5.91 Å². The van der Waals surface area contributed by atoms with E-state index in [4.69, 9.17) is 5.11 Å². The fraction of sp³-hybridized carbons (Fsp3) is 0.308. The molecular formula is C13H16N2O4. The number of hydrogen-bond donors (Lipinski definition) is 1. The first-order valence-electron chi connectivity index (χ1n) is 5.80. The van der Waals surface area contributed by atoms with Crippen LogP contribution in [0.15, 0.2) is 36.8 Å². The topological polar surface area (TPSA) is 77.9 Å². The van der Waals surface area contributed by atoms with Gasteiger partial charge in [-0.1, -0.05) is 6.58 Å². The average molecular weight is 264 g/mol. The van der Waals surface area contributed by atoms with Crippen LogP contribution in [0.3, 0.4) is 0 Å². The molecule has 2 amide bonds. The van der Waals surface area contributed by atoms with Crippen LogP contribution in [0.25, 0.3) is 0 Å². The number of amides is 2. The van der Waals surface area contributed by atoms with Crippen molar-refractivity contribution < 1.29 is 19.5 Å². The van der Waals surface area contributed by atoms with Crippen LogP contribution >= 0.6 is 0 Å². The van der Waals surface area contributed by atoms with Gasteiger partial charge >= 0.3 is 5.97 Å². The molecule has 0 aromatic heterocycles. The summed E-state index contributed by atoms with van der Waals surface area (Å²) in [4.78, 5) is 36.3. The van der Waals surface area contributed by atoms with Gasteiger partial charge in [0.25, 0.3) is 5.91 Å². The molecule has 1 N–H and O–H groups in total. The molecule has 0 radical (unpaired) electrons. The van der Waals surface area contributed by atoms with E-state index in [0.29, 0.717) is 13.0 Å². The fourth-order valence-electron chi connectivity index (χ4n) is 1.54. The summed E-state index contributed by atoms with van der Waals surface area (Å²) >= 11 is 0. The highest BCUT2D eigenvalue weighted by Gasteiger charge is 2.18. The van der Waals surface area contributed by atoms with E-state index in [0.717, 1.165) is 11.3 Å². The second kappa shape index (κ2) is 6.53. The number of rotatable bonds is 5. The van der Waals surface area contributed by atoms with Crippen LogP contribution in [-0.2, 0) is 14.4 Å². The molecule has 0 bridgehead atoms. The number of carbonyl (C=O) groups is 3. The Bertz CT molecular complexity index is 465. The first-order valence-corrected chi connectivity index (χ1v) is 5.80. The number of carbonyl (C=O) groups excluding carboxylic acids is 2. The third-order valence-corrected chi connectivity index (χ3v) is 2.63. The molecule has 6 nitrogen and oxygen atoms in total. The van der Waals surface area contributed by atoms with Gasteiger partial charge < -0.3 is 10.0 Å². The molecule has 1 fully saturated rings. The van der Waals surface area contributed by atoms with Crippen molar-refractivity contribution in [2.45, 2.75) is 19.8 Å². The lowest BCUT2D eigenvalue weighted by molar-refractivity contribution is -0.132. The van der Waals surface area contributed by atoms with E-state index in [-0.39, 0.29) is 11.5 Å². The summed E-state index contributed by atoms with van der Waals surface area (Å²) < 4.78 is 0. The molecule has 0 aromatic carbocycles. The molecule has 1 aliphatic rings. The first kappa shape index (κ1) is 14.7. The lowest BCUT2D eigenvalue weighted by atomic mass is 10.3. The molecule has 1 saturated heterocycles. The molecule has 0 atom stereocenters. The van der Waals surface area contributed by atoms with Crippen LogP contribution in [0.5, 0.6) is 0 Å². The molecule has 19 heavy (non-hydrogen) atoms. The van der Waals surface area contributed by atoms with Gasteiger partial charge in [0.1, 0.15) is 0 Å². The molecule has 0 saturated carbocycles. The van der Waals surface area contributed by atoms with Gasteiger partial charge in [0, 0.05) is 37.6 Å². The zero-order valence-corrected chi connectivity index (χ0v) is 10.7. The van der Waals surface area contributed by atoms with Crippen molar-refractivity contribution in [1.82, 2.24) is 9.80 Å². The van der Waals surface area contributed by atoms with Crippen molar-refractivity contribution in [3.8, 4) is 0 Å². The number of aliphatic carboxylic acids is 1. The molecule has 6 heteroatoms.